The topological polar surface area (TPSA) is 55.0 Å². The van der Waals surface area contributed by atoms with Gasteiger partial charge in [-0.1, -0.05) is 31.5 Å². The molecule has 2 N–H and O–H groups in total. The van der Waals surface area contributed by atoms with Gasteiger partial charge in [0.15, 0.2) is 11.6 Å². The fourth-order valence-corrected chi connectivity index (χ4v) is 1.84. The zero-order valence-corrected chi connectivity index (χ0v) is 10.9. The third kappa shape index (κ3) is 3.19. The first kappa shape index (κ1) is 13.3. The van der Waals surface area contributed by atoms with Gasteiger partial charge in [-0.2, -0.15) is 4.98 Å². The number of aromatic nitrogens is 2. The Hall–Kier alpha value is -2.17. The monoisotopic (exact) mass is 260 g/mol. The number of hydrogen-bond donors (Lipinski definition) is 1. The second-order valence-electron chi connectivity index (χ2n) is 4.24. The minimum Gasteiger partial charge on any atom is -0.368 e. The van der Waals surface area contributed by atoms with Gasteiger partial charge in [0.25, 0.3) is 0 Å². The van der Waals surface area contributed by atoms with Crippen molar-refractivity contribution in [2.75, 3.05) is 17.2 Å². The maximum absolute atomic E-state index is 13.9. The van der Waals surface area contributed by atoms with Gasteiger partial charge in [0.1, 0.15) is 0 Å². The molecule has 0 aliphatic carbocycles. The molecule has 1 aromatic carbocycles. The molecule has 2 rings (SSSR count). The number of anilines is 3. The van der Waals surface area contributed by atoms with Crippen molar-refractivity contribution in [3.63, 3.8) is 0 Å². The zero-order chi connectivity index (χ0) is 13.7. The lowest BCUT2D eigenvalue weighted by atomic mass is 10.2. The third-order valence-corrected chi connectivity index (χ3v) is 2.80. The molecule has 0 saturated carbocycles. The first-order valence-corrected chi connectivity index (χ1v) is 6.33. The van der Waals surface area contributed by atoms with Gasteiger partial charge in [-0.15, -0.1) is 0 Å². The van der Waals surface area contributed by atoms with Gasteiger partial charge in [-0.25, -0.2) is 9.37 Å². The molecule has 5 heteroatoms. The maximum atomic E-state index is 13.9. The summed E-state index contributed by atoms with van der Waals surface area (Å²) in [6.45, 7) is 2.78. The summed E-state index contributed by atoms with van der Waals surface area (Å²) >= 11 is 0. The van der Waals surface area contributed by atoms with E-state index in [2.05, 4.69) is 16.9 Å². The highest BCUT2D eigenvalue weighted by Gasteiger charge is 2.15. The second-order valence-corrected chi connectivity index (χ2v) is 4.24. The first-order chi connectivity index (χ1) is 9.22. The number of nitrogens with zero attached hydrogens (tertiary/aromatic N) is 3. The average Bonchev–Trinajstić information content (AvgIpc) is 2.44. The van der Waals surface area contributed by atoms with E-state index < -0.39 is 5.82 Å². The molecule has 4 nitrogen and oxygen atoms in total. The van der Waals surface area contributed by atoms with Crippen LogP contribution in [0.3, 0.4) is 0 Å². The van der Waals surface area contributed by atoms with Crippen molar-refractivity contribution in [2.45, 2.75) is 19.8 Å². The van der Waals surface area contributed by atoms with Gasteiger partial charge in [0.2, 0.25) is 5.95 Å². The maximum Gasteiger partial charge on any atom is 0.222 e. The number of rotatable bonds is 5. The fraction of sp³-hybridized carbons (Fsp3) is 0.286. The van der Waals surface area contributed by atoms with Crippen LogP contribution in [0.4, 0.5) is 21.8 Å². The van der Waals surface area contributed by atoms with Crippen LogP contribution in [0.2, 0.25) is 0 Å². The van der Waals surface area contributed by atoms with Gasteiger partial charge in [-0.05, 0) is 18.6 Å². The van der Waals surface area contributed by atoms with Crippen molar-refractivity contribution in [3.8, 4) is 0 Å². The summed E-state index contributed by atoms with van der Waals surface area (Å²) in [6.07, 6.45) is 3.07. The number of benzene rings is 1. The van der Waals surface area contributed by atoms with Crippen LogP contribution >= 0.6 is 0 Å². The quantitative estimate of drug-likeness (QED) is 0.897. The molecule has 0 unspecified atom stereocenters. The molecule has 100 valence electrons. The van der Waals surface area contributed by atoms with Crippen molar-refractivity contribution < 1.29 is 4.39 Å². The van der Waals surface area contributed by atoms with Crippen LogP contribution in [0.25, 0.3) is 0 Å². The van der Waals surface area contributed by atoms with E-state index in [9.17, 15) is 4.39 Å². The Bertz CT molecular complexity index is 530. The smallest absolute Gasteiger partial charge is 0.222 e. The molecule has 0 amide bonds. The number of nitrogens with two attached hydrogens (primary N) is 1. The van der Waals surface area contributed by atoms with E-state index in [0.29, 0.717) is 6.54 Å². The predicted molar refractivity (Wildman–Crippen MR) is 74.8 cm³/mol. The number of para-hydroxylation sites is 1. The fourth-order valence-electron chi connectivity index (χ4n) is 1.84. The van der Waals surface area contributed by atoms with Crippen LogP contribution in [0.15, 0.2) is 36.5 Å². The Morgan fingerprint density at radius 1 is 1.26 bits per heavy atom. The largest absolute Gasteiger partial charge is 0.368 e. The van der Waals surface area contributed by atoms with E-state index in [1.807, 2.05) is 35.2 Å². The number of hydrogen-bond acceptors (Lipinski definition) is 4. The molecular weight excluding hydrogens is 243 g/mol. The highest BCUT2D eigenvalue weighted by atomic mass is 19.1. The van der Waals surface area contributed by atoms with E-state index >= 15 is 0 Å². The molecule has 1 aromatic heterocycles. The van der Waals surface area contributed by atoms with Crippen LogP contribution in [-0.4, -0.2) is 16.5 Å². The van der Waals surface area contributed by atoms with Gasteiger partial charge in [-0.3, -0.25) is 0 Å². The summed E-state index contributed by atoms with van der Waals surface area (Å²) in [7, 11) is 0. The van der Waals surface area contributed by atoms with Crippen LogP contribution < -0.4 is 10.6 Å². The highest BCUT2D eigenvalue weighted by molar-refractivity contribution is 5.60. The molecule has 2 aromatic rings. The molecule has 0 bridgehead atoms. The highest BCUT2D eigenvalue weighted by Crippen LogP contribution is 2.26. The van der Waals surface area contributed by atoms with Crippen molar-refractivity contribution in [3.05, 3.63) is 42.3 Å². The summed E-state index contributed by atoms with van der Waals surface area (Å²) in [5.41, 5.74) is 6.45. The van der Waals surface area contributed by atoms with Crippen LogP contribution in [0.1, 0.15) is 19.8 Å². The summed E-state index contributed by atoms with van der Waals surface area (Å²) in [5, 5.41) is 0. The van der Waals surface area contributed by atoms with E-state index in [1.54, 1.807) is 0 Å². The van der Waals surface area contributed by atoms with Crippen molar-refractivity contribution in [2.24, 2.45) is 0 Å². The molecule has 0 atom stereocenters. The van der Waals surface area contributed by atoms with E-state index in [-0.39, 0.29) is 11.8 Å². The SMILES string of the molecule is CCCCN(c1ccccc1)c1nc(N)ncc1F. The molecule has 0 saturated heterocycles. The average molecular weight is 260 g/mol. The van der Waals surface area contributed by atoms with Gasteiger partial charge < -0.3 is 10.6 Å². The predicted octanol–water partition coefficient (Wildman–Crippen LogP) is 3.14. The van der Waals surface area contributed by atoms with Crippen LogP contribution in [0.5, 0.6) is 0 Å². The lowest BCUT2D eigenvalue weighted by Crippen LogP contribution is -2.21. The second kappa shape index (κ2) is 6.13. The molecular formula is C14H17FN4. The van der Waals surface area contributed by atoms with E-state index in [4.69, 9.17) is 5.73 Å². The third-order valence-electron chi connectivity index (χ3n) is 2.80. The van der Waals surface area contributed by atoms with Gasteiger partial charge in [0, 0.05) is 12.2 Å². The normalized spacial score (nSPS) is 10.4. The zero-order valence-electron chi connectivity index (χ0n) is 10.9. The Morgan fingerprint density at radius 2 is 2.00 bits per heavy atom. The summed E-state index contributed by atoms with van der Waals surface area (Å²) < 4.78 is 13.9. The van der Waals surface area contributed by atoms with E-state index in [1.165, 1.54) is 0 Å². The molecule has 0 radical (unpaired) electrons. The minimum atomic E-state index is -0.464. The van der Waals surface area contributed by atoms with Crippen molar-refractivity contribution >= 4 is 17.5 Å². The number of halogens is 1. The van der Waals surface area contributed by atoms with Gasteiger partial charge >= 0.3 is 0 Å². The Morgan fingerprint density at radius 3 is 2.68 bits per heavy atom. The summed E-state index contributed by atoms with van der Waals surface area (Å²) in [6, 6.07) is 9.60. The Balaban J connectivity index is 2.40. The number of nitrogen functional groups attached to an aromatic ring is 1. The lowest BCUT2D eigenvalue weighted by Gasteiger charge is -2.24. The summed E-state index contributed by atoms with van der Waals surface area (Å²) in [5.74, 6) is -0.157. The molecule has 19 heavy (non-hydrogen) atoms. The molecule has 0 aliphatic rings. The van der Waals surface area contributed by atoms with Gasteiger partial charge in [0.05, 0.1) is 6.20 Å². The van der Waals surface area contributed by atoms with E-state index in [0.717, 1.165) is 24.7 Å². The number of unbranched alkanes of at least 4 members (excludes halogenated alkanes) is 1. The lowest BCUT2D eigenvalue weighted by molar-refractivity contribution is 0.609. The minimum absolute atomic E-state index is 0.0776. The summed E-state index contributed by atoms with van der Waals surface area (Å²) in [4.78, 5) is 9.51. The Labute approximate surface area is 112 Å². The van der Waals surface area contributed by atoms with Crippen LogP contribution in [-0.2, 0) is 0 Å². The van der Waals surface area contributed by atoms with Crippen LogP contribution in [0, 0.1) is 5.82 Å². The molecule has 1 heterocycles. The first-order valence-electron chi connectivity index (χ1n) is 6.33. The van der Waals surface area contributed by atoms with Crippen molar-refractivity contribution in [1.82, 2.24) is 9.97 Å². The molecule has 0 fully saturated rings. The molecule has 0 spiro atoms. The standard InChI is InChI=1S/C14H17FN4/c1-2-3-9-19(11-7-5-4-6-8-11)13-12(15)10-17-14(16)18-13/h4-8,10H,2-3,9H2,1H3,(H2,16,17,18). The van der Waals surface area contributed by atoms with Crippen molar-refractivity contribution in [1.29, 1.82) is 0 Å². The Kier molecular flexibility index (Phi) is 4.28. The molecule has 0 aliphatic heterocycles.